The number of benzene rings is 2. The highest BCUT2D eigenvalue weighted by molar-refractivity contribution is 6.21. The first-order chi connectivity index (χ1) is 15.0. The summed E-state index contributed by atoms with van der Waals surface area (Å²) in [6, 6.07) is 11.1. The van der Waals surface area contributed by atoms with Crippen LogP contribution in [0.25, 0.3) is 0 Å². The molecule has 1 aliphatic heterocycles. The molecule has 0 aromatic heterocycles. The number of fused-ring (bicyclic) bond motifs is 1. The van der Waals surface area contributed by atoms with Crippen molar-refractivity contribution in [1.29, 1.82) is 0 Å². The molecule has 31 heavy (non-hydrogen) atoms. The molecule has 1 atom stereocenters. The van der Waals surface area contributed by atoms with Crippen molar-refractivity contribution in [3.05, 3.63) is 59.2 Å². The lowest BCUT2D eigenvalue weighted by atomic mass is 10.0. The number of amides is 3. The van der Waals surface area contributed by atoms with E-state index in [1.807, 2.05) is 6.92 Å². The minimum atomic E-state index is -0.827. The molecule has 1 unspecified atom stereocenters. The average Bonchev–Trinajstić information content (AvgIpc) is 3.35. The highest BCUT2D eigenvalue weighted by Gasteiger charge is 2.41. The van der Waals surface area contributed by atoms with E-state index in [0.717, 1.165) is 30.6 Å². The Kier molecular flexibility index (Phi) is 5.93. The molecule has 2 N–H and O–H groups in total. The van der Waals surface area contributed by atoms with Crippen LogP contribution in [0.2, 0.25) is 0 Å². The molecular formula is C24H26N2O5. The van der Waals surface area contributed by atoms with Crippen LogP contribution in [0.4, 0.5) is 0 Å². The summed E-state index contributed by atoms with van der Waals surface area (Å²) in [6.45, 7) is 2.37. The van der Waals surface area contributed by atoms with Gasteiger partial charge in [0.15, 0.2) is 11.5 Å². The zero-order valence-corrected chi connectivity index (χ0v) is 17.5. The molecule has 7 heteroatoms. The van der Waals surface area contributed by atoms with Crippen LogP contribution in [0.3, 0.4) is 0 Å². The lowest BCUT2D eigenvalue weighted by Gasteiger charge is -2.27. The van der Waals surface area contributed by atoms with E-state index in [0.29, 0.717) is 34.8 Å². The standard InChI is InChI=1S/C24H26N2O5/c1-2-30-20-12-11-15(13-21(20)31-16-7-3-4-8-16)19(14-22(25)27)26-23(28)17-9-5-6-10-18(17)24(26)29/h5-6,9-13,16,19H,2-4,7-8,14H2,1H3,(H2,25,27). The molecule has 0 radical (unpaired) electrons. The van der Waals surface area contributed by atoms with E-state index in [1.165, 1.54) is 0 Å². The number of imide groups is 1. The lowest BCUT2D eigenvalue weighted by molar-refractivity contribution is -0.118. The van der Waals surface area contributed by atoms with Gasteiger partial charge in [0.05, 0.1) is 36.3 Å². The second-order valence-electron chi connectivity index (χ2n) is 7.88. The zero-order valence-electron chi connectivity index (χ0n) is 17.5. The molecule has 2 aromatic rings. The van der Waals surface area contributed by atoms with Gasteiger partial charge in [-0.25, -0.2) is 0 Å². The predicted octanol–water partition coefficient (Wildman–Crippen LogP) is 3.62. The summed E-state index contributed by atoms with van der Waals surface area (Å²) in [7, 11) is 0. The Morgan fingerprint density at radius 3 is 2.29 bits per heavy atom. The normalized spacial score (nSPS) is 17.0. The Labute approximate surface area is 181 Å². The third-order valence-electron chi connectivity index (χ3n) is 5.78. The summed E-state index contributed by atoms with van der Waals surface area (Å²) in [5, 5.41) is 0. The van der Waals surface area contributed by atoms with Gasteiger partial charge in [-0.1, -0.05) is 18.2 Å². The molecule has 3 amide bonds. The van der Waals surface area contributed by atoms with Gasteiger partial charge in [0.1, 0.15) is 0 Å². The van der Waals surface area contributed by atoms with Crippen LogP contribution in [-0.2, 0) is 4.79 Å². The van der Waals surface area contributed by atoms with Crippen molar-refractivity contribution in [3.63, 3.8) is 0 Å². The summed E-state index contributed by atoms with van der Waals surface area (Å²) < 4.78 is 11.9. The maximum absolute atomic E-state index is 13.0. The topological polar surface area (TPSA) is 98.9 Å². The van der Waals surface area contributed by atoms with E-state index in [9.17, 15) is 14.4 Å². The number of carbonyl (C=O) groups excluding carboxylic acids is 3. The highest BCUT2D eigenvalue weighted by Crippen LogP contribution is 2.38. The molecule has 1 aliphatic carbocycles. The Hall–Kier alpha value is -3.35. The van der Waals surface area contributed by atoms with Gasteiger partial charge >= 0.3 is 0 Å². The number of primary amides is 1. The first kappa shape index (κ1) is 20.9. The van der Waals surface area contributed by atoms with Gasteiger partial charge in [0.2, 0.25) is 5.91 Å². The third-order valence-corrected chi connectivity index (χ3v) is 5.78. The third kappa shape index (κ3) is 4.13. The summed E-state index contributed by atoms with van der Waals surface area (Å²) in [5.41, 5.74) is 6.76. The van der Waals surface area contributed by atoms with E-state index in [1.54, 1.807) is 42.5 Å². The molecule has 162 valence electrons. The van der Waals surface area contributed by atoms with E-state index in [4.69, 9.17) is 15.2 Å². The van der Waals surface area contributed by atoms with Gasteiger partial charge in [-0.15, -0.1) is 0 Å². The molecule has 1 saturated carbocycles. The van der Waals surface area contributed by atoms with Crippen molar-refractivity contribution < 1.29 is 23.9 Å². The Morgan fingerprint density at radius 2 is 1.71 bits per heavy atom. The predicted molar refractivity (Wildman–Crippen MR) is 114 cm³/mol. The Balaban J connectivity index is 1.72. The van der Waals surface area contributed by atoms with Crippen LogP contribution in [0.1, 0.15) is 71.3 Å². The van der Waals surface area contributed by atoms with E-state index >= 15 is 0 Å². The van der Waals surface area contributed by atoms with Crippen molar-refractivity contribution in [1.82, 2.24) is 4.90 Å². The highest BCUT2D eigenvalue weighted by atomic mass is 16.5. The molecule has 2 aromatic carbocycles. The minimum Gasteiger partial charge on any atom is -0.490 e. The van der Waals surface area contributed by atoms with Gasteiger partial charge < -0.3 is 15.2 Å². The lowest BCUT2D eigenvalue weighted by Crippen LogP contribution is -2.36. The molecule has 1 fully saturated rings. The zero-order chi connectivity index (χ0) is 22.0. The Bertz CT molecular complexity index is 978. The van der Waals surface area contributed by atoms with Crippen molar-refractivity contribution >= 4 is 17.7 Å². The summed E-state index contributed by atoms with van der Waals surface area (Å²) >= 11 is 0. The van der Waals surface area contributed by atoms with Crippen molar-refractivity contribution in [2.45, 2.75) is 51.2 Å². The molecule has 0 bridgehead atoms. The second-order valence-corrected chi connectivity index (χ2v) is 7.88. The van der Waals surface area contributed by atoms with E-state index in [-0.39, 0.29) is 12.5 Å². The van der Waals surface area contributed by atoms with Gasteiger partial charge in [-0.05, 0) is 62.4 Å². The van der Waals surface area contributed by atoms with Gasteiger partial charge in [-0.2, -0.15) is 0 Å². The van der Waals surface area contributed by atoms with Crippen LogP contribution in [0.15, 0.2) is 42.5 Å². The minimum absolute atomic E-state index is 0.100. The average molecular weight is 422 g/mol. The van der Waals surface area contributed by atoms with Gasteiger partial charge in [0, 0.05) is 0 Å². The molecule has 2 aliphatic rings. The smallest absolute Gasteiger partial charge is 0.262 e. The maximum atomic E-state index is 13.0. The van der Waals surface area contributed by atoms with Crippen LogP contribution >= 0.6 is 0 Å². The quantitative estimate of drug-likeness (QED) is 0.655. The number of rotatable bonds is 8. The second kappa shape index (κ2) is 8.79. The first-order valence-corrected chi connectivity index (χ1v) is 10.7. The summed E-state index contributed by atoms with van der Waals surface area (Å²) in [5.74, 6) is -0.317. The summed E-state index contributed by atoms with van der Waals surface area (Å²) in [6.07, 6.45) is 4.10. The monoisotopic (exact) mass is 422 g/mol. The molecule has 0 spiro atoms. The number of hydrogen-bond donors (Lipinski definition) is 1. The number of carbonyl (C=O) groups is 3. The number of nitrogens with two attached hydrogens (primary N) is 1. The molecule has 4 rings (SSSR count). The van der Waals surface area contributed by atoms with Gasteiger partial charge in [-0.3, -0.25) is 19.3 Å². The van der Waals surface area contributed by atoms with Crippen LogP contribution in [-0.4, -0.2) is 35.3 Å². The van der Waals surface area contributed by atoms with Crippen LogP contribution in [0.5, 0.6) is 11.5 Å². The van der Waals surface area contributed by atoms with Crippen LogP contribution < -0.4 is 15.2 Å². The largest absolute Gasteiger partial charge is 0.490 e. The molecule has 0 saturated heterocycles. The maximum Gasteiger partial charge on any atom is 0.262 e. The molecular weight excluding hydrogens is 396 g/mol. The fourth-order valence-electron chi connectivity index (χ4n) is 4.32. The van der Waals surface area contributed by atoms with Gasteiger partial charge in [0.25, 0.3) is 11.8 Å². The summed E-state index contributed by atoms with van der Waals surface area (Å²) in [4.78, 5) is 39.1. The van der Waals surface area contributed by atoms with E-state index in [2.05, 4.69) is 0 Å². The van der Waals surface area contributed by atoms with Crippen LogP contribution in [0, 0.1) is 0 Å². The molecule has 7 nitrogen and oxygen atoms in total. The van der Waals surface area contributed by atoms with E-state index < -0.39 is 23.8 Å². The fourth-order valence-corrected chi connectivity index (χ4v) is 4.32. The fraction of sp³-hybridized carbons (Fsp3) is 0.375. The van der Waals surface area contributed by atoms with Crippen molar-refractivity contribution in [2.24, 2.45) is 5.73 Å². The van der Waals surface area contributed by atoms with Crippen molar-refractivity contribution in [2.75, 3.05) is 6.61 Å². The first-order valence-electron chi connectivity index (χ1n) is 10.7. The number of nitrogens with zero attached hydrogens (tertiary/aromatic N) is 1. The molecule has 1 heterocycles. The SMILES string of the molecule is CCOc1ccc(C(CC(N)=O)N2C(=O)c3ccccc3C2=O)cc1OC1CCCC1. The number of hydrogen-bond acceptors (Lipinski definition) is 5. The number of ether oxygens (including phenoxy) is 2. The Morgan fingerprint density at radius 1 is 1.06 bits per heavy atom. The van der Waals surface area contributed by atoms with Crippen molar-refractivity contribution in [3.8, 4) is 11.5 Å².